The standard InChI is InChI=1S/C18H30N4/c1-3-5-6-7-8-9-10-11-12-14-13-16-18(21-22-20-16)15(4-2)17(14)19/h13H,3-12,19H2,1-2H3,(H,20,21,22). The van der Waals surface area contributed by atoms with Crippen molar-refractivity contribution in [1.82, 2.24) is 15.4 Å². The fourth-order valence-corrected chi connectivity index (χ4v) is 3.14. The number of rotatable bonds is 10. The topological polar surface area (TPSA) is 67.6 Å². The van der Waals surface area contributed by atoms with Gasteiger partial charge in [-0.15, -0.1) is 0 Å². The Hall–Kier alpha value is -1.58. The third-order valence-electron chi connectivity index (χ3n) is 4.50. The van der Waals surface area contributed by atoms with Crippen molar-refractivity contribution in [3.05, 3.63) is 17.2 Å². The molecule has 22 heavy (non-hydrogen) atoms. The van der Waals surface area contributed by atoms with Crippen molar-refractivity contribution in [2.45, 2.75) is 78.1 Å². The summed E-state index contributed by atoms with van der Waals surface area (Å²) in [5.74, 6) is 0. The molecule has 0 unspecified atom stereocenters. The van der Waals surface area contributed by atoms with Crippen LogP contribution in [-0.4, -0.2) is 15.4 Å². The fourth-order valence-electron chi connectivity index (χ4n) is 3.14. The minimum absolute atomic E-state index is 0.903. The Bertz CT molecular complexity index is 574. The average Bonchev–Trinajstić information content (AvgIpc) is 2.98. The van der Waals surface area contributed by atoms with E-state index in [0.717, 1.165) is 35.1 Å². The lowest BCUT2D eigenvalue weighted by molar-refractivity contribution is 0.575. The first-order valence-electron chi connectivity index (χ1n) is 8.88. The molecule has 122 valence electrons. The number of aryl methyl sites for hydroxylation is 2. The SMILES string of the molecule is CCCCCCCCCCc1cc2n[nH]nc2c(CC)c1N. The van der Waals surface area contributed by atoms with Gasteiger partial charge in [0.15, 0.2) is 0 Å². The predicted octanol–water partition coefficient (Wildman–Crippen LogP) is 4.79. The van der Waals surface area contributed by atoms with Crippen LogP contribution < -0.4 is 5.73 Å². The van der Waals surface area contributed by atoms with Crippen LogP contribution >= 0.6 is 0 Å². The number of benzene rings is 1. The van der Waals surface area contributed by atoms with Gasteiger partial charge in [-0.2, -0.15) is 15.4 Å². The molecule has 2 aromatic rings. The second kappa shape index (κ2) is 8.76. The fraction of sp³-hybridized carbons (Fsp3) is 0.667. The van der Waals surface area contributed by atoms with Crippen molar-refractivity contribution in [3.63, 3.8) is 0 Å². The summed E-state index contributed by atoms with van der Waals surface area (Å²) >= 11 is 0. The molecular formula is C18H30N4. The molecule has 4 nitrogen and oxygen atoms in total. The molecule has 0 radical (unpaired) electrons. The van der Waals surface area contributed by atoms with E-state index in [-0.39, 0.29) is 0 Å². The molecule has 0 fully saturated rings. The van der Waals surface area contributed by atoms with Crippen molar-refractivity contribution in [2.75, 3.05) is 5.73 Å². The number of hydrogen-bond acceptors (Lipinski definition) is 3. The van der Waals surface area contributed by atoms with Gasteiger partial charge in [-0.3, -0.25) is 0 Å². The number of fused-ring (bicyclic) bond motifs is 1. The third kappa shape index (κ3) is 4.21. The van der Waals surface area contributed by atoms with E-state index in [9.17, 15) is 0 Å². The summed E-state index contributed by atoms with van der Waals surface area (Å²) in [5, 5.41) is 11.2. The Labute approximate surface area is 133 Å². The highest BCUT2D eigenvalue weighted by Gasteiger charge is 2.12. The van der Waals surface area contributed by atoms with Crippen LogP contribution in [0.15, 0.2) is 6.07 Å². The number of hydrogen-bond donors (Lipinski definition) is 2. The van der Waals surface area contributed by atoms with Crippen LogP contribution in [0.2, 0.25) is 0 Å². The third-order valence-corrected chi connectivity index (χ3v) is 4.50. The molecule has 0 aliphatic rings. The van der Waals surface area contributed by atoms with Gasteiger partial charge >= 0.3 is 0 Å². The molecule has 4 heteroatoms. The Morgan fingerprint density at radius 1 is 0.955 bits per heavy atom. The average molecular weight is 302 g/mol. The summed E-state index contributed by atoms with van der Waals surface area (Å²) in [6.07, 6.45) is 12.7. The highest BCUT2D eigenvalue weighted by molar-refractivity contribution is 5.84. The zero-order chi connectivity index (χ0) is 15.8. The molecule has 0 aliphatic carbocycles. The zero-order valence-electron chi connectivity index (χ0n) is 14.1. The minimum Gasteiger partial charge on any atom is -0.398 e. The number of nitrogens with one attached hydrogen (secondary N) is 1. The summed E-state index contributed by atoms with van der Waals surface area (Å²) in [7, 11) is 0. The van der Waals surface area contributed by atoms with Crippen LogP contribution in [0, 0.1) is 0 Å². The van der Waals surface area contributed by atoms with Gasteiger partial charge in [0.25, 0.3) is 0 Å². The van der Waals surface area contributed by atoms with Gasteiger partial charge in [0.05, 0.1) is 0 Å². The van der Waals surface area contributed by atoms with Crippen molar-refractivity contribution in [1.29, 1.82) is 0 Å². The Kier molecular flexibility index (Phi) is 6.69. The van der Waals surface area contributed by atoms with Gasteiger partial charge in [0, 0.05) is 11.3 Å². The van der Waals surface area contributed by atoms with E-state index in [4.69, 9.17) is 5.73 Å². The molecule has 3 N–H and O–H groups in total. The van der Waals surface area contributed by atoms with Crippen molar-refractivity contribution in [2.24, 2.45) is 0 Å². The van der Waals surface area contributed by atoms with Crippen molar-refractivity contribution in [3.8, 4) is 0 Å². The maximum atomic E-state index is 6.33. The van der Waals surface area contributed by atoms with Crippen LogP contribution in [0.3, 0.4) is 0 Å². The predicted molar refractivity (Wildman–Crippen MR) is 94.0 cm³/mol. The monoisotopic (exact) mass is 302 g/mol. The van der Waals surface area contributed by atoms with Gasteiger partial charge in [-0.25, -0.2) is 0 Å². The second-order valence-corrected chi connectivity index (χ2v) is 6.20. The molecular weight excluding hydrogens is 272 g/mol. The lowest BCUT2D eigenvalue weighted by atomic mass is 9.98. The first-order chi connectivity index (χ1) is 10.8. The highest BCUT2D eigenvalue weighted by atomic mass is 15.3. The largest absolute Gasteiger partial charge is 0.398 e. The molecule has 0 aliphatic heterocycles. The number of aromatic amines is 1. The molecule has 1 aromatic heterocycles. The van der Waals surface area contributed by atoms with E-state index in [1.54, 1.807) is 0 Å². The molecule has 0 bridgehead atoms. The zero-order valence-corrected chi connectivity index (χ0v) is 14.1. The number of unbranched alkanes of at least 4 members (excludes halogenated alkanes) is 7. The number of anilines is 1. The number of nitrogens with two attached hydrogens (primary N) is 1. The van der Waals surface area contributed by atoms with Crippen molar-refractivity contribution < 1.29 is 0 Å². The van der Waals surface area contributed by atoms with E-state index in [1.165, 1.54) is 56.9 Å². The normalized spacial score (nSPS) is 11.4. The van der Waals surface area contributed by atoms with Gasteiger partial charge in [-0.05, 0) is 30.9 Å². The van der Waals surface area contributed by atoms with Crippen LogP contribution in [-0.2, 0) is 12.8 Å². The Morgan fingerprint density at radius 3 is 2.32 bits per heavy atom. The molecule has 0 amide bonds. The van der Waals surface area contributed by atoms with Crippen LogP contribution in [0.25, 0.3) is 11.0 Å². The molecule has 0 saturated carbocycles. The first-order valence-corrected chi connectivity index (χ1v) is 8.88. The van der Waals surface area contributed by atoms with Gasteiger partial charge in [0.2, 0.25) is 0 Å². The Balaban J connectivity index is 1.83. The number of nitrogens with zero attached hydrogens (tertiary/aromatic N) is 2. The maximum absolute atomic E-state index is 6.33. The number of H-pyrrole nitrogens is 1. The number of aromatic nitrogens is 3. The summed E-state index contributed by atoms with van der Waals surface area (Å²) < 4.78 is 0. The van der Waals surface area contributed by atoms with Gasteiger partial charge in [-0.1, -0.05) is 58.8 Å². The van der Waals surface area contributed by atoms with Gasteiger partial charge < -0.3 is 5.73 Å². The molecule has 0 atom stereocenters. The second-order valence-electron chi connectivity index (χ2n) is 6.20. The maximum Gasteiger partial charge on any atom is 0.118 e. The van der Waals surface area contributed by atoms with E-state index >= 15 is 0 Å². The summed E-state index contributed by atoms with van der Waals surface area (Å²) in [5.41, 5.74) is 11.5. The summed E-state index contributed by atoms with van der Waals surface area (Å²) in [6, 6.07) is 2.11. The Morgan fingerprint density at radius 2 is 1.64 bits per heavy atom. The van der Waals surface area contributed by atoms with E-state index in [2.05, 4.69) is 35.3 Å². The lowest BCUT2D eigenvalue weighted by Gasteiger charge is -2.10. The minimum atomic E-state index is 0.903. The van der Waals surface area contributed by atoms with Gasteiger partial charge in [0.1, 0.15) is 11.0 Å². The smallest absolute Gasteiger partial charge is 0.118 e. The quantitative estimate of drug-likeness (QED) is 0.490. The molecule has 1 aromatic carbocycles. The van der Waals surface area contributed by atoms with Crippen LogP contribution in [0.5, 0.6) is 0 Å². The first kappa shape index (κ1) is 16.8. The summed E-state index contributed by atoms with van der Waals surface area (Å²) in [6.45, 7) is 4.39. The van der Waals surface area contributed by atoms with E-state index in [0.29, 0.717) is 0 Å². The van der Waals surface area contributed by atoms with E-state index in [1.807, 2.05) is 0 Å². The van der Waals surface area contributed by atoms with E-state index < -0.39 is 0 Å². The lowest BCUT2D eigenvalue weighted by Crippen LogP contribution is -2.01. The molecule has 0 saturated heterocycles. The summed E-state index contributed by atoms with van der Waals surface area (Å²) in [4.78, 5) is 0. The number of nitrogen functional groups attached to an aromatic ring is 1. The van der Waals surface area contributed by atoms with Crippen LogP contribution in [0.4, 0.5) is 5.69 Å². The molecule has 0 spiro atoms. The highest BCUT2D eigenvalue weighted by Crippen LogP contribution is 2.27. The van der Waals surface area contributed by atoms with Crippen molar-refractivity contribution >= 4 is 16.7 Å². The molecule has 1 heterocycles. The van der Waals surface area contributed by atoms with Crippen LogP contribution in [0.1, 0.15) is 76.3 Å². The molecule has 2 rings (SSSR count).